The maximum Gasteiger partial charge on any atom is 0.306 e. The molecule has 0 aromatic heterocycles. The second-order valence-corrected chi connectivity index (χ2v) is 12.5. The van der Waals surface area contributed by atoms with Crippen LogP contribution in [0, 0.1) is 0 Å². The molecular weight excluding hydrogens is 600 g/mol. The van der Waals surface area contributed by atoms with Crippen LogP contribution in [0.15, 0.2) is 72.9 Å². The number of aliphatic hydroxyl groups is 2. The van der Waals surface area contributed by atoms with Crippen molar-refractivity contribution in [1.29, 1.82) is 0 Å². The highest BCUT2D eigenvalue weighted by atomic mass is 16.6. The van der Waals surface area contributed by atoms with Crippen LogP contribution in [0.2, 0.25) is 0 Å². The van der Waals surface area contributed by atoms with Crippen LogP contribution in [-0.4, -0.2) is 47.6 Å². The predicted octanol–water partition coefficient (Wildman–Crippen LogP) is 10.8. The summed E-state index contributed by atoms with van der Waals surface area (Å²) in [6.45, 7) is 3.86. The molecule has 0 rings (SSSR count). The molecule has 0 aliphatic heterocycles. The van der Waals surface area contributed by atoms with E-state index in [1.165, 1.54) is 70.6 Å². The van der Waals surface area contributed by atoms with Gasteiger partial charge in [-0.05, 0) is 44.9 Å². The zero-order valence-corrected chi connectivity index (χ0v) is 30.6. The van der Waals surface area contributed by atoms with Crippen molar-refractivity contribution >= 4 is 11.9 Å². The quantitative estimate of drug-likeness (QED) is 0.0312. The molecule has 0 aromatic carbocycles. The first-order chi connectivity index (χ1) is 23.5. The molecule has 0 saturated heterocycles. The number of carbonyl (C=O) groups excluding carboxylic acids is 2. The van der Waals surface area contributed by atoms with E-state index in [0.717, 1.165) is 44.9 Å². The highest BCUT2D eigenvalue weighted by Gasteiger charge is 2.15. The van der Waals surface area contributed by atoms with Crippen molar-refractivity contribution in [3.63, 3.8) is 0 Å². The Morgan fingerprint density at radius 1 is 0.604 bits per heavy atom. The third-order valence-electron chi connectivity index (χ3n) is 7.86. The molecule has 0 radical (unpaired) electrons. The minimum Gasteiger partial charge on any atom is -0.462 e. The van der Waals surface area contributed by atoms with Gasteiger partial charge in [-0.1, -0.05) is 170 Å². The summed E-state index contributed by atoms with van der Waals surface area (Å²) < 4.78 is 10.5. The second kappa shape index (κ2) is 37.1. The Kier molecular flexibility index (Phi) is 35.0. The SMILES string of the molecule is CC/C=C\C/C=C\C/C=C\C/C=C\C=C/C(O)C/C=C\CCC(=O)O[C@@H](CO)COC(=O)CCCCCCCCCCCCCCCC. The molecule has 48 heavy (non-hydrogen) atoms. The van der Waals surface area contributed by atoms with Crippen LogP contribution in [0.3, 0.4) is 0 Å². The van der Waals surface area contributed by atoms with Gasteiger partial charge in [0.05, 0.1) is 12.7 Å². The van der Waals surface area contributed by atoms with Crippen LogP contribution in [0.25, 0.3) is 0 Å². The average Bonchev–Trinajstić information content (AvgIpc) is 3.08. The molecule has 0 heterocycles. The fourth-order valence-corrected chi connectivity index (χ4v) is 4.96. The van der Waals surface area contributed by atoms with Crippen LogP contribution in [0.1, 0.15) is 155 Å². The van der Waals surface area contributed by atoms with Crippen molar-refractivity contribution in [2.75, 3.05) is 13.2 Å². The van der Waals surface area contributed by atoms with Crippen molar-refractivity contribution < 1.29 is 29.3 Å². The maximum absolute atomic E-state index is 12.1. The highest BCUT2D eigenvalue weighted by molar-refractivity contribution is 5.70. The molecule has 0 bridgehead atoms. The van der Waals surface area contributed by atoms with Crippen LogP contribution < -0.4 is 0 Å². The summed E-state index contributed by atoms with van der Waals surface area (Å²) in [5, 5.41) is 19.6. The number of allylic oxidation sites excluding steroid dienone is 10. The van der Waals surface area contributed by atoms with Gasteiger partial charge in [-0.3, -0.25) is 9.59 Å². The number of rotatable bonds is 33. The number of esters is 2. The fourth-order valence-electron chi connectivity index (χ4n) is 4.96. The largest absolute Gasteiger partial charge is 0.462 e. The standard InChI is InChI=1S/C42H70O6/c1-3-5-7-9-11-13-15-17-19-21-23-25-27-31-35-41(45)47-38-40(37-43)48-42(46)36-32-28-30-34-39(44)33-29-26-24-22-20-18-16-14-12-10-8-6-4-2/h6,8,12,14,18,20,24,26,28-30,33,39-40,43-44H,3-5,7,9-11,13,15-17,19,21-23,25,27,31-32,34-38H2,1-2H3/b8-6-,14-12-,20-18-,26-24-,30-28-,33-29-/t39?,40-/m0/s1. The van der Waals surface area contributed by atoms with Gasteiger partial charge in [0, 0.05) is 12.8 Å². The third-order valence-corrected chi connectivity index (χ3v) is 7.86. The minimum absolute atomic E-state index is 0.132. The van der Waals surface area contributed by atoms with Crippen LogP contribution in [-0.2, 0) is 19.1 Å². The zero-order chi connectivity index (χ0) is 35.2. The summed E-state index contributed by atoms with van der Waals surface area (Å²) in [5.74, 6) is -0.775. The van der Waals surface area contributed by atoms with Crippen molar-refractivity contribution in [3.05, 3.63) is 72.9 Å². The van der Waals surface area contributed by atoms with Gasteiger partial charge in [0.1, 0.15) is 6.61 Å². The molecule has 0 aromatic rings. The van der Waals surface area contributed by atoms with E-state index in [1.807, 2.05) is 30.4 Å². The van der Waals surface area contributed by atoms with Gasteiger partial charge in [0.2, 0.25) is 0 Å². The first-order valence-corrected chi connectivity index (χ1v) is 19.1. The Morgan fingerprint density at radius 3 is 1.71 bits per heavy atom. The molecule has 0 amide bonds. The van der Waals surface area contributed by atoms with Crippen LogP contribution >= 0.6 is 0 Å². The molecular formula is C42H70O6. The van der Waals surface area contributed by atoms with E-state index in [1.54, 1.807) is 6.08 Å². The van der Waals surface area contributed by atoms with Crippen molar-refractivity contribution in [1.82, 2.24) is 0 Å². The minimum atomic E-state index is -0.855. The van der Waals surface area contributed by atoms with E-state index in [0.29, 0.717) is 19.3 Å². The molecule has 0 saturated carbocycles. The molecule has 0 aliphatic rings. The van der Waals surface area contributed by atoms with Crippen molar-refractivity contribution in [3.8, 4) is 0 Å². The molecule has 0 aliphatic carbocycles. The number of aliphatic hydroxyl groups excluding tert-OH is 2. The number of hydrogen-bond donors (Lipinski definition) is 2. The highest BCUT2D eigenvalue weighted by Crippen LogP contribution is 2.13. The van der Waals surface area contributed by atoms with E-state index in [2.05, 4.69) is 50.3 Å². The number of unbranched alkanes of at least 4 members (excludes halogenated alkanes) is 13. The van der Waals surface area contributed by atoms with Gasteiger partial charge in [0.15, 0.2) is 6.10 Å². The Morgan fingerprint density at radius 2 is 1.15 bits per heavy atom. The lowest BCUT2D eigenvalue weighted by Gasteiger charge is -2.15. The first-order valence-electron chi connectivity index (χ1n) is 19.1. The van der Waals surface area contributed by atoms with Crippen LogP contribution in [0.5, 0.6) is 0 Å². The molecule has 2 atom stereocenters. The number of carbonyl (C=O) groups is 2. The molecule has 274 valence electrons. The average molecular weight is 671 g/mol. The Bertz CT molecular complexity index is 913. The Hall–Kier alpha value is -2.70. The summed E-state index contributed by atoms with van der Waals surface area (Å²) in [6, 6.07) is 0. The van der Waals surface area contributed by atoms with Gasteiger partial charge >= 0.3 is 11.9 Å². The summed E-state index contributed by atoms with van der Waals surface area (Å²) in [5.41, 5.74) is 0. The zero-order valence-electron chi connectivity index (χ0n) is 30.6. The summed E-state index contributed by atoms with van der Waals surface area (Å²) in [7, 11) is 0. The summed E-state index contributed by atoms with van der Waals surface area (Å²) in [4.78, 5) is 24.2. The van der Waals surface area contributed by atoms with Gasteiger partial charge in [-0.2, -0.15) is 0 Å². The lowest BCUT2D eigenvalue weighted by Crippen LogP contribution is -2.28. The third kappa shape index (κ3) is 34.6. The summed E-state index contributed by atoms with van der Waals surface area (Å²) >= 11 is 0. The first kappa shape index (κ1) is 45.3. The van der Waals surface area contributed by atoms with Crippen LogP contribution in [0.4, 0.5) is 0 Å². The van der Waals surface area contributed by atoms with Gasteiger partial charge in [-0.15, -0.1) is 0 Å². The topological polar surface area (TPSA) is 93.1 Å². The van der Waals surface area contributed by atoms with E-state index >= 15 is 0 Å². The van der Waals surface area contributed by atoms with Crippen molar-refractivity contribution in [2.45, 2.75) is 167 Å². The lowest BCUT2D eigenvalue weighted by molar-refractivity contribution is -0.161. The van der Waals surface area contributed by atoms with Gasteiger partial charge in [0.25, 0.3) is 0 Å². The molecule has 1 unspecified atom stereocenters. The van der Waals surface area contributed by atoms with E-state index in [4.69, 9.17) is 9.47 Å². The Balaban J connectivity index is 3.82. The predicted molar refractivity (Wildman–Crippen MR) is 202 cm³/mol. The van der Waals surface area contributed by atoms with E-state index in [9.17, 15) is 19.8 Å². The number of hydrogen-bond acceptors (Lipinski definition) is 6. The number of ether oxygens (including phenoxy) is 2. The Labute approximate surface area is 294 Å². The molecule has 0 spiro atoms. The fraction of sp³-hybridized carbons (Fsp3) is 0.667. The van der Waals surface area contributed by atoms with Gasteiger partial charge in [-0.25, -0.2) is 0 Å². The molecule has 6 heteroatoms. The lowest BCUT2D eigenvalue weighted by atomic mass is 10.0. The van der Waals surface area contributed by atoms with E-state index in [-0.39, 0.29) is 19.0 Å². The molecule has 6 nitrogen and oxygen atoms in total. The summed E-state index contributed by atoms with van der Waals surface area (Å²) in [6.07, 6.45) is 45.6. The monoisotopic (exact) mass is 671 g/mol. The molecule has 0 fully saturated rings. The smallest absolute Gasteiger partial charge is 0.306 e. The maximum atomic E-state index is 12.1. The van der Waals surface area contributed by atoms with E-state index < -0.39 is 24.8 Å². The van der Waals surface area contributed by atoms with Crippen molar-refractivity contribution in [2.24, 2.45) is 0 Å². The normalized spacial score (nSPS) is 13.7. The van der Waals surface area contributed by atoms with Gasteiger partial charge < -0.3 is 19.7 Å². The molecule has 2 N–H and O–H groups in total. The second-order valence-electron chi connectivity index (χ2n) is 12.5.